The van der Waals surface area contributed by atoms with Crippen LogP contribution in [0.2, 0.25) is 0 Å². The fraction of sp³-hybridized carbons (Fsp3) is 0.950. The fourth-order valence-electron chi connectivity index (χ4n) is 8.39. The lowest BCUT2D eigenvalue weighted by Crippen LogP contribution is -2.64. The molecule has 2 heterocycles. The minimum absolute atomic E-state index is 0.0918. The first-order chi connectivity index (χ1) is 10.3. The van der Waals surface area contributed by atoms with Gasteiger partial charge in [0.1, 0.15) is 5.60 Å². The minimum Gasteiger partial charge on any atom is -0.459 e. The van der Waals surface area contributed by atoms with Crippen LogP contribution >= 0.6 is 0 Å². The molecule has 6 rings (SSSR count). The Hall–Kier alpha value is -0.530. The number of carbonyl (C=O) groups is 1. The van der Waals surface area contributed by atoms with Crippen LogP contribution in [0, 0.1) is 39.9 Å². The van der Waals surface area contributed by atoms with E-state index in [9.17, 15) is 4.79 Å². The Morgan fingerprint density at radius 1 is 1.05 bits per heavy atom. The molecule has 4 saturated carbocycles. The molecular formula is C20H30O2. The molecular weight excluding hydrogens is 272 g/mol. The highest BCUT2D eigenvalue weighted by atomic mass is 16.6. The molecule has 7 atom stereocenters. The quantitative estimate of drug-likeness (QED) is 0.663. The van der Waals surface area contributed by atoms with E-state index in [0.29, 0.717) is 16.7 Å². The van der Waals surface area contributed by atoms with E-state index in [2.05, 4.69) is 27.7 Å². The van der Waals surface area contributed by atoms with Crippen LogP contribution in [0.25, 0.3) is 0 Å². The third-order valence-electron chi connectivity index (χ3n) is 9.32. The predicted molar refractivity (Wildman–Crippen MR) is 85.1 cm³/mol. The maximum absolute atomic E-state index is 12.9. The van der Waals surface area contributed by atoms with Crippen molar-refractivity contribution in [3.63, 3.8) is 0 Å². The maximum atomic E-state index is 12.9. The van der Waals surface area contributed by atoms with Gasteiger partial charge in [-0.15, -0.1) is 0 Å². The molecule has 0 radical (unpaired) electrons. The van der Waals surface area contributed by atoms with Gasteiger partial charge in [-0.25, -0.2) is 0 Å². The zero-order valence-electron chi connectivity index (χ0n) is 14.6. The van der Waals surface area contributed by atoms with Gasteiger partial charge in [0.25, 0.3) is 0 Å². The van der Waals surface area contributed by atoms with Gasteiger partial charge in [-0.3, -0.25) is 4.79 Å². The highest BCUT2D eigenvalue weighted by molar-refractivity contribution is 5.82. The number of ether oxygens (including phenoxy) is 1. The van der Waals surface area contributed by atoms with Crippen LogP contribution in [-0.4, -0.2) is 11.6 Å². The van der Waals surface area contributed by atoms with Gasteiger partial charge in [-0.05, 0) is 80.5 Å². The first-order valence-electron chi connectivity index (χ1n) is 9.54. The lowest BCUT2D eigenvalue weighted by Gasteiger charge is -2.62. The van der Waals surface area contributed by atoms with Crippen molar-refractivity contribution in [1.29, 1.82) is 0 Å². The monoisotopic (exact) mass is 302 g/mol. The molecule has 22 heavy (non-hydrogen) atoms. The fourth-order valence-corrected chi connectivity index (χ4v) is 8.39. The first-order valence-corrected chi connectivity index (χ1v) is 9.54. The zero-order chi connectivity index (χ0) is 15.5. The highest BCUT2D eigenvalue weighted by Crippen LogP contribution is 2.86. The lowest BCUT2D eigenvalue weighted by molar-refractivity contribution is -0.236. The minimum atomic E-state index is -0.132. The maximum Gasteiger partial charge on any atom is 0.313 e. The van der Waals surface area contributed by atoms with E-state index in [1.165, 1.54) is 25.7 Å². The average Bonchev–Trinajstić information content (AvgIpc) is 3.11. The molecule has 6 fully saturated rings. The molecule has 0 aromatic rings. The number of rotatable bonds is 1. The first kappa shape index (κ1) is 13.9. The number of hydrogen-bond acceptors (Lipinski definition) is 2. The molecule has 2 aliphatic heterocycles. The molecule has 0 aromatic carbocycles. The summed E-state index contributed by atoms with van der Waals surface area (Å²) < 4.78 is 6.00. The van der Waals surface area contributed by atoms with E-state index < -0.39 is 0 Å². The average molecular weight is 302 g/mol. The third kappa shape index (κ3) is 1.17. The van der Waals surface area contributed by atoms with Gasteiger partial charge in [-0.2, -0.15) is 0 Å². The number of hydrogen-bond donors (Lipinski definition) is 0. The molecule has 6 aliphatic rings. The number of carbonyl (C=O) groups excluding carboxylic acids is 1. The van der Waals surface area contributed by atoms with E-state index in [-0.39, 0.29) is 17.0 Å². The molecule has 2 bridgehead atoms. The van der Waals surface area contributed by atoms with Crippen LogP contribution in [0.5, 0.6) is 0 Å². The SMILES string of the molecule is CC(C)[C@H]1CC[C@H]2[C@]1(C)CC[C@]13CC[C@@](C)(OC1=O)[C@@H]1C[C@]123. The van der Waals surface area contributed by atoms with Crippen LogP contribution < -0.4 is 0 Å². The Kier molecular flexibility index (Phi) is 2.27. The molecule has 2 heteroatoms. The van der Waals surface area contributed by atoms with Crippen LogP contribution in [0.15, 0.2) is 0 Å². The van der Waals surface area contributed by atoms with Gasteiger partial charge < -0.3 is 4.74 Å². The second-order valence-electron chi connectivity index (χ2n) is 10.1. The van der Waals surface area contributed by atoms with Gasteiger partial charge in [0.15, 0.2) is 0 Å². The highest BCUT2D eigenvalue weighted by Gasteiger charge is 2.86. The molecule has 2 spiro atoms. The van der Waals surface area contributed by atoms with Gasteiger partial charge in [0, 0.05) is 5.92 Å². The van der Waals surface area contributed by atoms with Crippen molar-refractivity contribution in [3.8, 4) is 0 Å². The molecule has 0 unspecified atom stereocenters. The van der Waals surface area contributed by atoms with Crippen molar-refractivity contribution in [1.82, 2.24) is 0 Å². The summed E-state index contributed by atoms with van der Waals surface area (Å²) in [5.74, 6) is 3.27. The summed E-state index contributed by atoms with van der Waals surface area (Å²) in [6.45, 7) is 9.62. The van der Waals surface area contributed by atoms with E-state index in [4.69, 9.17) is 4.74 Å². The Morgan fingerprint density at radius 2 is 1.77 bits per heavy atom. The normalized spacial score (nSPS) is 61.5. The van der Waals surface area contributed by atoms with Crippen molar-refractivity contribution in [2.75, 3.05) is 0 Å². The molecule has 2 saturated heterocycles. The Labute approximate surface area is 134 Å². The lowest BCUT2D eigenvalue weighted by atomic mass is 9.44. The second-order valence-corrected chi connectivity index (χ2v) is 10.1. The van der Waals surface area contributed by atoms with E-state index in [0.717, 1.165) is 37.0 Å². The van der Waals surface area contributed by atoms with E-state index in [1.807, 2.05) is 0 Å². The molecule has 4 aliphatic carbocycles. The zero-order valence-corrected chi connectivity index (χ0v) is 14.6. The van der Waals surface area contributed by atoms with E-state index >= 15 is 0 Å². The van der Waals surface area contributed by atoms with Crippen molar-refractivity contribution >= 4 is 5.97 Å². The number of fused-ring (bicyclic) bond motifs is 3. The van der Waals surface area contributed by atoms with Crippen molar-refractivity contribution in [2.24, 2.45) is 39.9 Å². The summed E-state index contributed by atoms with van der Waals surface area (Å²) in [5, 5.41) is 0. The summed E-state index contributed by atoms with van der Waals surface area (Å²) in [4.78, 5) is 12.9. The van der Waals surface area contributed by atoms with Crippen LogP contribution in [0.1, 0.15) is 72.6 Å². The van der Waals surface area contributed by atoms with Crippen LogP contribution in [-0.2, 0) is 9.53 Å². The van der Waals surface area contributed by atoms with Gasteiger partial charge >= 0.3 is 5.97 Å². The van der Waals surface area contributed by atoms with Crippen molar-refractivity contribution < 1.29 is 9.53 Å². The molecule has 0 N–H and O–H groups in total. The van der Waals surface area contributed by atoms with E-state index in [1.54, 1.807) is 0 Å². The van der Waals surface area contributed by atoms with Crippen molar-refractivity contribution in [3.05, 3.63) is 0 Å². The summed E-state index contributed by atoms with van der Waals surface area (Å²) in [5.41, 5.74) is 0.576. The summed E-state index contributed by atoms with van der Waals surface area (Å²) >= 11 is 0. The molecule has 2 nitrogen and oxygen atoms in total. The molecule has 0 amide bonds. The molecule has 0 aromatic heterocycles. The topological polar surface area (TPSA) is 26.3 Å². The Bertz CT molecular complexity index is 568. The Balaban J connectivity index is 1.63. The summed E-state index contributed by atoms with van der Waals surface area (Å²) in [6.07, 6.45) is 8.60. The van der Waals surface area contributed by atoms with Gasteiger partial charge in [0.05, 0.1) is 5.41 Å². The predicted octanol–water partition coefficient (Wildman–Crippen LogP) is 4.57. The number of esters is 1. The van der Waals surface area contributed by atoms with Crippen molar-refractivity contribution in [2.45, 2.75) is 78.2 Å². The third-order valence-corrected chi connectivity index (χ3v) is 9.32. The van der Waals surface area contributed by atoms with Gasteiger partial charge in [-0.1, -0.05) is 20.8 Å². The largest absolute Gasteiger partial charge is 0.459 e. The summed E-state index contributed by atoms with van der Waals surface area (Å²) in [6, 6.07) is 0. The van der Waals surface area contributed by atoms with Crippen LogP contribution in [0.3, 0.4) is 0 Å². The Morgan fingerprint density at radius 3 is 2.45 bits per heavy atom. The molecule has 122 valence electrons. The van der Waals surface area contributed by atoms with Crippen LogP contribution in [0.4, 0.5) is 0 Å². The van der Waals surface area contributed by atoms with Gasteiger partial charge in [0.2, 0.25) is 0 Å². The summed E-state index contributed by atoms with van der Waals surface area (Å²) in [7, 11) is 0. The second kappa shape index (κ2) is 3.59. The standard InChI is InChI=1S/C20H30O2/c1-12(2)13-5-6-14-17(13,3)7-9-19-10-8-18(4,22-16(19)21)15-11-20(14,15)19/h12-15H,5-11H2,1-4H3/t13-,14+,15+,17-,18-,19+,20-/m1/s1. The smallest absolute Gasteiger partial charge is 0.313 e.